The maximum Gasteiger partial charge on any atom is 0.416 e. The lowest BCUT2D eigenvalue weighted by molar-refractivity contribution is -0.137. The topological polar surface area (TPSA) is 41.6 Å². The van der Waals surface area contributed by atoms with E-state index in [2.05, 4.69) is 10.2 Å². The molecule has 1 aliphatic rings. The highest BCUT2D eigenvalue weighted by Crippen LogP contribution is 2.30. The zero-order valence-corrected chi connectivity index (χ0v) is 14.1. The molecule has 0 aliphatic carbocycles. The lowest BCUT2D eigenvalue weighted by atomic mass is 10.2. The summed E-state index contributed by atoms with van der Waals surface area (Å²) in [5, 5.41) is 2.70. The standard InChI is InChI=1S/C19H19F3N2O2/c20-19(21,22)14-3-9-17(10-4-14)26-13-18(25)23-15-5-7-16(8-6-15)24-11-1-2-12-24/h3-10H,1-2,11-13H2,(H,23,25). The van der Waals surface area contributed by atoms with E-state index in [1.807, 2.05) is 24.3 Å². The second kappa shape index (κ2) is 7.68. The number of amides is 1. The van der Waals surface area contributed by atoms with Crippen LogP contribution in [0.15, 0.2) is 48.5 Å². The lowest BCUT2D eigenvalue weighted by Crippen LogP contribution is -2.20. The van der Waals surface area contributed by atoms with Gasteiger partial charge < -0.3 is 15.0 Å². The third-order valence-corrected chi connectivity index (χ3v) is 4.17. The number of hydrogen-bond donors (Lipinski definition) is 1. The number of alkyl halides is 3. The Labute approximate surface area is 149 Å². The van der Waals surface area contributed by atoms with Crippen molar-refractivity contribution in [1.29, 1.82) is 0 Å². The number of anilines is 2. The van der Waals surface area contributed by atoms with Crippen LogP contribution in [0.3, 0.4) is 0 Å². The number of ether oxygens (including phenoxy) is 1. The number of nitrogens with one attached hydrogen (secondary N) is 1. The lowest BCUT2D eigenvalue weighted by Gasteiger charge is -2.17. The highest BCUT2D eigenvalue weighted by Gasteiger charge is 2.30. The van der Waals surface area contributed by atoms with Crippen molar-refractivity contribution in [3.63, 3.8) is 0 Å². The third-order valence-electron chi connectivity index (χ3n) is 4.17. The Morgan fingerprint density at radius 1 is 1.00 bits per heavy atom. The molecule has 0 bridgehead atoms. The summed E-state index contributed by atoms with van der Waals surface area (Å²) < 4.78 is 42.7. The van der Waals surface area contributed by atoms with Crippen LogP contribution in [0.1, 0.15) is 18.4 Å². The van der Waals surface area contributed by atoms with E-state index >= 15 is 0 Å². The van der Waals surface area contributed by atoms with Crippen molar-refractivity contribution in [3.05, 3.63) is 54.1 Å². The molecule has 26 heavy (non-hydrogen) atoms. The van der Waals surface area contributed by atoms with Crippen LogP contribution < -0.4 is 15.0 Å². The molecule has 1 fully saturated rings. The molecule has 2 aromatic carbocycles. The summed E-state index contributed by atoms with van der Waals surface area (Å²) in [6, 6.07) is 11.8. The minimum absolute atomic E-state index is 0.206. The Balaban J connectivity index is 1.49. The summed E-state index contributed by atoms with van der Waals surface area (Å²) in [4.78, 5) is 14.2. The molecule has 0 saturated carbocycles. The maximum absolute atomic E-state index is 12.5. The molecule has 1 saturated heterocycles. The Bertz CT molecular complexity index is 737. The number of carbonyl (C=O) groups excluding carboxylic acids is 1. The van der Waals surface area contributed by atoms with Crippen molar-refractivity contribution in [2.75, 3.05) is 29.9 Å². The Morgan fingerprint density at radius 2 is 1.62 bits per heavy atom. The van der Waals surface area contributed by atoms with E-state index in [0.29, 0.717) is 5.69 Å². The van der Waals surface area contributed by atoms with Crippen molar-refractivity contribution in [2.24, 2.45) is 0 Å². The van der Waals surface area contributed by atoms with Crippen LogP contribution in [-0.2, 0) is 11.0 Å². The number of carbonyl (C=O) groups is 1. The first kappa shape index (κ1) is 18.1. The van der Waals surface area contributed by atoms with Gasteiger partial charge in [-0.1, -0.05) is 0 Å². The fourth-order valence-corrected chi connectivity index (χ4v) is 2.82. The Hall–Kier alpha value is -2.70. The predicted octanol–water partition coefficient (Wildman–Crippen LogP) is 4.32. The van der Waals surface area contributed by atoms with Gasteiger partial charge in [-0.2, -0.15) is 13.2 Å². The van der Waals surface area contributed by atoms with Crippen molar-refractivity contribution in [3.8, 4) is 5.75 Å². The van der Waals surface area contributed by atoms with Crippen LogP contribution in [-0.4, -0.2) is 25.6 Å². The van der Waals surface area contributed by atoms with Crippen LogP contribution in [0.5, 0.6) is 5.75 Å². The van der Waals surface area contributed by atoms with E-state index in [0.717, 1.165) is 30.9 Å². The largest absolute Gasteiger partial charge is 0.484 e. The molecule has 1 N–H and O–H groups in total. The molecule has 1 amide bonds. The van der Waals surface area contributed by atoms with Gasteiger partial charge in [0, 0.05) is 24.5 Å². The molecule has 4 nitrogen and oxygen atoms in total. The average molecular weight is 364 g/mol. The first-order valence-corrected chi connectivity index (χ1v) is 8.37. The van der Waals surface area contributed by atoms with Gasteiger partial charge in [0.15, 0.2) is 6.61 Å². The smallest absolute Gasteiger partial charge is 0.416 e. The molecule has 7 heteroatoms. The third kappa shape index (κ3) is 4.68. The highest BCUT2D eigenvalue weighted by molar-refractivity contribution is 5.92. The molecule has 0 spiro atoms. The van der Waals surface area contributed by atoms with Crippen molar-refractivity contribution in [1.82, 2.24) is 0 Å². The molecular weight excluding hydrogens is 345 g/mol. The summed E-state index contributed by atoms with van der Waals surface area (Å²) >= 11 is 0. The monoisotopic (exact) mass is 364 g/mol. The Morgan fingerprint density at radius 3 is 2.19 bits per heavy atom. The summed E-state index contributed by atoms with van der Waals surface area (Å²) in [5.41, 5.74) is 1.02. The number of hydrogen-bond acceptors (Lipinski definition) is 3. The summed E-state index contributed by atoms with van der Waals surface area (Å²) in [6.45, 7) is 1.82. The van der Waals surface area contributed by atoms with Crippen molar-refractivity contribution in [2.45, 2.75) is 19.0 Å². The van der Waals surface area contributed by atoms with Crippen LogP contribution in [0.25, 0.3) is 0 Å². The van der Waals surface area contributed by atoms with Gasteiger partial charge >= 0.3 is 6.18 Å². The summed E-state index contributed by atoms with van der Waals surface area (Å²) in [7, 11) is 0. The molecule has 0 unspecified atom stereocenters. The van der Waals surface area contributed by atoms with Gasteiger partial charge in [0.25, 0.3) is 5.91 Å². The first-order valence-electron chi connectivity index (χ1n) is 8.37. The molecule has 0 atom stereocenters. The van der Waals surface area contributed by atoms with Gasteiger partial charge in [0.2, 0.25) is 0 Å². The van der Waals surface area contributed by atoms with E-state index in [1.165, 1.54) is 25.0 Å². The zero-order valence-electron chi connectivity index (χ0n) is 14.1. The van der Waals surface area contributed by atoms with Gasteiger partial charge in [-0.15, -0.1) is 0 Å². The fraction of sp³-hybridized carbons (Fsp3) is 0.316. The summed E-state index contributed by atoms with van der Waals surface area (Å²) in [5.74, 6) is -0.170. The summed E-state index contributed by atoms with van der Waals surface area (Å²) in [6.07, 6.45) is -2.00. The fourth-order valence-electron chi connectivity index (χ4n) is 2.82. The average Bonchev–Trinajstić information content (AvgIpc) is 3.15. The second-order valence-electron chi connectivity index (χ2n) is 6.10. The van der Waals surface area contributed by atoms with E-state index in [1.54, 1.807) is 0 Å². The molecule has 0 aromatic heterocycles. The number of rotatable bonds is 5. The van der Waals surface area contributed by atoms with E-state index in [4.69, 9.17) is 4.74 Å². The first-order chi connectivity index (χ1) is 12.4. The predicted molar refractivity (Wildman–Crippen MR) is 93.5 cm³/mol. The van der Waals surface area contributed by atoms with Crippen LogP contribution in [0.4, 0.5) is 24.5 Å². The molecule has 138 valence electrons. The van der Waals surface area contributed by atoms with Crippen LogP contribution in [0, 0.1) is 0 Å². The molecule has 1 aliphatic heterocycles. The van der Waals surface area contributed by atoms with E-state index < -0.39 is 11.7 Å². The minimum atomic E-state index is -4.39. The molecule has 0 radical (unpaired) electrons. The van der Waals surface area contributed by atoms with Gasteiger partial charge in [-0.3, -0.25) is 4.79 Å². The van der Waals surface area contributed by atoms with E-state index in [-0.39, 0.29) is 18.3 Å². The SMILES string of the molecule is O=C(COc1ccc(C(F)(F)F)cc1)Nc1ccc(N2CCCC2)cc1. The maximum atomic E-state index is 12.5. The van der Waals surface area contributed by atoms with Crippen LogP contribution in [0.2, 0.25) is 0 Å². The second-order valence-corrected chi connectivity index (χ2v) is 6.10. The van der Waals surface area contributed by atoms with Crippen LogP contribution >= 0.6 is 0 Å². The van der Waals surface area contributed by atoms with Gasteiger partial charge in [-0.05, 0) is 61.4 Å². The number of benzene rings is 2. The van der Waals surface area contributed by atoms with Crippen molar-refractivity contribution >= 4 is 17.3 Å². The normalized spacial score (nSPS) is 14.3. The molecular formula is C19H19F3N2O2. The minimum Gasteiger partial charge on any atom is -0.484 e. The quantitative estimate of drug-likeness (QED) is 0.859. The Kier molecular flexibility index (Phi) is 5.35. The molecule has 3 rings (SSSR count). The van der Waals surface area contributed by atoms with Crippen molar-refractivity contribution < 1.29 is 22.7 Å². The molecule has 2 aromatic rings. The van der Waals surface area contributed by atoms with E-state index in [9.17, 15) is 18.0 Å². The molecule has 1 heterocycles. The number of halogens is 3. The van der Waals surface area contributed by atoms with Gasteiger partial charge in [0.05, 0.1) is 5.56 Å². The van der Waals surface area contributed by atoms with Gasteiger partial charge in [0.1, 0.15) is 5.75 Å². The van der Waals surface area contributed by atoms with Gasteiger partial charge in [-0.25, -0.2) is 0 Å². The number of nitrogens with zero attached hydrogens (tertiary/aromatic N) is 1. The zero-order chi connectivity index (χ0) is 18.6. The highest BCUT2D eigenvalue weighted by atomic mass is 19.4.